The van der Waals surface area contributed by atoms with E-state index in [1.54, 1.807) is 17.1 Å². The van der Waals surface area contributed by atoms with Gasteiger partial charge in [0, 0.05) is 24.0 Å². The Bertz CT molecular complexity index is 508. The molecule has 0 saturated heterocycles. The smallest absolute Gasteiger partial charge is 0.250 e. The standard InChI is InChI=1S/C11H14ClN5/c1-3-13-4-9-5-14-11(16-8(9)2)17-7-10(12)6-15-17/h5-7,13H,3-4H2,1-2H3. The van der Waals surface area contributed by atoms with E-state index in [0.717, 1.165) is 24.3 Å². The van der Waals surface area contributed by atoms with Gasteiger partial charge in [0.2, 0.25) is 0 Å². The molecule has 6 heteroatoms. The third-order valence-corrected chi connectivity index (χ3v) is 2.58. The fourth-order valence-corrected chi connectivity index (χ4v) is 1.57. The predicted molar refractivity (Wildman–Crippen MR) is 66.3 cm³/mol. The van der Waals surface area contributed by atoms with Crippen molar-refractivity contribution in [2.45, 2.75) is 20.4 Å². The van der Waals surface area contributed by atoms with E-state index in [4.69, 9.17) is 11.6 Å². The van der Waals surface area contributed by atoms with E-state index < -0.39 is 0 Å². The summed E-state index contributed by atoms with van der Waals surface area (Å²) in [6.07, 6.45) is 5.06. The first-order valence-corrected chi connectivity index (χ1v) is 5.82. The predicted octanol–water partition coefficient (Wildman–Crippen LogP) is 1.73. The fraction of sp³-hybridized carbons (Fsp3) is 0.364. The van der Waals surface area contributed by atoms with Crippen molar-refractivity contribution in [2.24, 2.45) is 0 Å². The highest BCUT2D eigenvalue weighted by Crippen LogP contribution is 2.10. The van der Waals surface area contributed by atoms with E-state index in [9.17, 15) is 0 Å². The largest absolute Gasteiger partial charge is 0.313 e. The molecule has 0 aliphatic rings. The molecule has 0 bridgehead atoms. The highest BCUT2D eigenvalue weighted by atomic mass is 35.5. The van der Waals surface area contributed by atoms with Crippen molar-refractivity contribution in [3.63, 3.8) is 0 Å². The maximum absolute atomic E-state index is 5.80. The van der Waals surface area contributed by atoms with E-state index in [1.807, 2.05) is 13.1 Å². The summed E-state index contributed by atoms with van der Waals surface area (Å²) in [6, 6.07) is 0. The van der Waals surface area contributed by atoms with Gasteiger partial charge in [0.1, 0.15) is 0 Å². The van der Waals surface area contributed by atoms with Gasteiger partial charge in [-0.3, -0.25) is 0 Å². The summed E-state index contributed by atoms with van der Waals surface area (Å²) < 4.78 is 1.56. The maximum atomic E-state index is 5.80. The van der Waals surface area contributed by atoms with Gasteiger partial charge in [0.15, 0.2) is 0 Å². The van der Waals surface area contributed by atoms with Crippen molar-refractivity contribution in [2.75, 3.05) is 6.54 Å². The lowest BCUT2D eigenvalue weighted by Crippen LogP contribution is -2.14. The summed E-state index contributed by atoms with van der Waals surface area (Å²) in [5.41, 5.74) is 2.04. The molecule has 0 fully saturated rings. The van der Waals surface area contributed by atoms with Crippen molar-refractivity contribution in [3.05, 3.63) is 34.9 Å². The van der Waals surface area contributed by atoms with Crippen LogP contribution in [-0.2, 0) is 6.54 Å². The lowest BCUT2D eigenvalue weighted by molar-refractivity contribution is 0.709. The number of rotatable bonds is 4. The highest BCUT2D eigenvalue weighted by Gasteiger charge is 2.05. The van der Waals surface area contributed by atoms with E-state index in [-0.39, 0.29) is 0 Å². The maximum Gasteiger partial charge on any atom is 0.250 e. The van der Waals surface area contributed by atoms with Crippen LogP contribution in [0.5, 0.6) is 0 Å². The molecule has 0 radical (unpaired) electrons. The molecule has 17 heavy (non-hydrogen) atoms. The van der Waals surface area contributed by atoms with Crippen molar-refractivity contribution < 1.29 is 0 Å². The second kappa shape index (κ2) is 5.25. The third-order valence-electron chi connectivity index (χ3n) is 2.39. The van der Waals surface area contributed by atoms with Gasteiger partial charge in [-0.1, -0.05) is 18.5 Å². The summed E-state index contributed by atoms with van der Waals surface area (Å²) in [6.45, 7) is 5.73. The lowest BCUT2D eigenvalue weighted by Gasteiger charge is -2.06. The van der Waals surface area contributed by atoms with Crippen molar-refractivity contribution >= 4 is 11.6 Å². The van der Waals surface area contributed by atoms with E-state index in [0.29, 0.717) is 11.0 Å². The molecule has 0 aliphatic carbocycles. The Kier molecular flexibility index (Phi) is 3.71. The lowest BCUT2D eigenvalue weighted by atomic mass is 10.2. The van der Waals surface area contributed by atoms with Gasteiger partial charge in [-0.15, -0.1) is 0 Å². The van der Waals surface area contributed by atoms with Crippen LogP contribution in [0.3, 0.4) is 0 Å². The topological polar surface area (TPSA) is 55.6 Å². The van der Waals surface area contributed by atoms with Crippen LogP contribution >= 0.6 is 11.6 Å². The molecule has 0 aromatic carbocycles. The number of hydrogen-bond acceptors (Lipinski definition) is 4. The number of nitrogens with one attached hydrogen (secondary N) is 1. The van der Waals surface area contributed by atoms with Gasteiger partial charge in [-0.2, -0.15) is 5.10 Å². The molecule has 2 aromatic rings. The Morgan fingerprint density at radius 3 is 2.82 bits per heavy atom. The Morgan fingerprint density at radius 1 is 1.41 bits per heavy atom. The Balaban J connectivity index is 2.24. The minimum Gasteiger partial charge on any atom is -0.313 e. The average Bonchev–Trinajstić information content (AvgIpc) is 2.74. The minimum absolute atomic E-state index is 0.537. The normalized spacial score (nSPS) is 10.8. The molecular formula is C11H14ClN5. The number of hydrogen-bond donors (Lipinski definition) is 1. The van der Waals surface area contributed by atoms with Gasteiger partial charge in [-0.25, -0.2) is 14.6 Å². The zero-order valence-corrected chi connectivity index (χ0v) is 10.6. The summed E-state index contributed by atoms with van der Waals surface area (Å²) >= 11 is 5.80. The van der Waals surface area contributed by atoms with Gasteiger partial charge in [0.05, 0.1) is 17.4 Å². The molecule has 2 rings (SSSR count). The molecule has 1 N–H and O–H groups in total. The molecule has 0 amide bonds. The van der Waals surface area contributed by atoms with Crippen molar-refractivity contribution in [1.29, 1.82) is 0 Å². The molecule has 0 atom stereocenters. The Labute approximate surface area is 105 Å². The monoisotopic (exact) mass is 251 g/mol. The van der Waals surface area contributed by atoms with Crippen LogP contribution in [0.25, 0.3) is 5.95 Å². The molecule has 2 heterocycles. The minimum atomic E-state index is 0.537. The van der Waals surface area contributed by atoms with E-state index in [2.05, 4.69) is 27.3 Å². The Morgan fingerprint density at radius 2 is 2.24 bits per heavy atom. The second-order valence-electron chi connectivity index (χ2n) is 3.66. The molecule has 0 saturated carbocycles. The third kappa shape index (κ3) is 2.81. The Hall–Kier alpha value is -1.46. The van der Waals surface area contributed by atoms with Gasteiger partial charge < -0.3 is 5.32 Å². The SMILES string of the molecule is CCNCc1cnc(-n2cc(Cl)cn2)nc1C. The van der Waals surface area contributed by atoms with Crippen LogP contribution < -0.4 is 5.32 Å². The molecule has 0 unspecified atom stereocenters. The average molecular weight is 252 g/mol. The summed E-state index contributed by atoms with van der Waals surface area (Å²) in [5, 5.41) is 7.88. The first kappa shape index (κ1) is 12.0. The van der Waals surface area contributed by atoms with Crippen LogP contribution in [-0.4, -0.2) is 26.3 Å². The molecular weight excluding hydrogens is 238 g/mol. The number of nitrogens with zero attached hydrogens (tertiary/aromatic N) is 4. The summed E-state index contributed by atoms with van der Waals surface area (Å²) in [7, 11) is 0. The molecule has 0 spiro atoms. The van der Waals surface area contributed by atoms with Crippen LogP contribution in [0, 0.1) is 6.92 Å². The summed E-state index contributed by atoms with van der Waals surface area (Å²) in [5.74, 6) is 0.537. The number of aromatic nitrogens is 4. The van der Waals surface area contributed by atoms with E-state index >= 15 is 0 Å². The van der Waals surface area contributed by atoms with Crippen LogP contribution in [0.15, 0.2) is 18.6 Å². The van der Waals surface area contributed by atoms with Crippen molar-refractivity contribution in [1.82, 2.24) is 25.1 Å². The van der Waals surface area contributed by atoms with Crippen LogP contribution in [0.2, 0.25) is 5.02 Å². The quantitative estimate of drug-likeness (QED) is 0.899. The van der Waals surface area contributed by atoms with E-state index in [1.165, 1.54) is 0 Å². The summed E-state index contributed by atoms with van der Waals surface area (Å²) in [4.78, 5) is 8.67. The molecule has 2 aromatic heterocycles. The zero-order valence-electron chi connectivity index (χ0n) is 9.81. The highest BCUT2D eigenvalue weighted by molar-refractivity contribution is 6.30. The van der Waals surface area contributed by atoms with Crippen molar-refractivity contribution in [3.8, 4) is 5.95 Å². The van der Waals surface area contributed by atoms with Gasteiger partial charge in [0.25, 0.3) is 5.95 Å². The van der Waals surface area contributed by atoms with Gasteiger partial charge in [-0.05, 0) is 13.5 Å². The van der Waals surface area contributed by atoms with Crippen LogP contribution in [0.4, 0.5) is 0 Å². The number of halogens is 1. The molecule has 90 valence electrons. The molecule has 0 aliphatic heterocycles. The number of aryl methyl sites for hydroxylation is 1. The first-order valence-electron chi connectivity index (χ1n) is 5.44. The molecule has 5 nitrogen and oxygen atoms in total. The second-order valence-corrected chi connectivity index (χ2v) is 4.10. The van der Waals surface area contributed by atoms with Crippen LogP contribution in [0.1, 0.15) is 18.2 Å². The first-order chi connectivity index (χ1) is 8.20. The zero-order chi connectivity index (χ0) is 12.3. The van der Waals surface area contributed by atoms with Gasteiger partial charge >= 0.3 is 0 Å². The fourth-order valence-electron chi connectivity index (χ4n) is 1.43.